The first-order valence-electron chi connectivity index (χ1n) is 9.00. The molecule has 148 valence electrons. The molecular weight excluding hydrogens is 394 g/mol. The summed E-state index contributed by atoms with van der Waals surface area (Å²) < 4.78 is 4.82. The summed E-state index contributed by atoms with van der Waals surface area (Å²) in [6, 6.07) is 11.4. The topological polar surface area (TPSA) is 79.3 Å². The highest BCUT2D eigenvalue weighted by molar-refractivity contribution is 6.47. The maximum absolute atomic E-state index is 13.4. The molecule has 8 heteroatoms. The van der Waals surface area contributed by atoms with Crippen molar-refractivity contribution in [3.8, 4) is 0 Å². The fourth-order valence-electron chi connectivity index (χ4n) is 3.75. The fraction of sp³-hybridized carbons (Fsp3) is 0.238. The summed E-state index contributed by atoms with van der Waals surface area (Å²) in [5, 5.41) is 6.18. The van der Waals surface area contributed by atoms with Crippen LogP contribution < -0.4 is 9.91 Å². The number of hydrogen-bond donors (Lipinski definition) is 0. The summed E-state index contributed by atoms with van der Waals surface area (Å²) in [6.07, 6.45) is 0. The van der Waals surface area contributed by atoms with Gasteiger partial charge in [-0.05, 0) is 49.2 Å². The van der Waals surface area contributed by atoms with Crippen LogP contribution in [-0.4, -0.2) is 36.6 Å². The Bertz CT molecular complexity index is 1080. The van der Waals surface area contributed by atoms with E-state index in [1.54, 1.807) is 31.2 Å². The summed E-state index contributed by atoms with van der Waals surface area (Å²) in [5.74, 6) is -2.77. The highest BCUT2D eigenvalue weighted by Gasteiger charge is 2.59. The molecule has 0 N–H and O–H groups in total. The van der Waals surface area contributed by atoms with Crippen LogP contribution in [0.25, 0.3) is 0 Å². The Balaban J connectivity index is 1.84. The van der Waals surface area contributed by atoms with Crippen LogP contribution in [0.2, 0.25) is 5.02 Å². The smallest absolute Gasteiger partial charge is 0.355 e. The Labute approximate surface area is 172 Å². The van der Waals surface area contributed by atoms with E-state index in [0.717, 1.165) is 10.5 Å². The van der Waals surface area contributed by atoms with Gasteiger partial charge in [0, 0.05) is 5.02 Å². The number of aryl methyl sites for hydroxylation is 1. The molecule has 0 aromatic heterocycles. The number of nitrogens with zero attached hydrogens (tertiary/aromatic N) is 3. The number of hydrazone groups is 1. The molecule has 0 saturated carbocycles. The first kappa shape index (κ1) is 19.1. The maximum Gasteiger partial charge on any atom is 0.355 e. The van der Waals surface area contributed by atoms with Crippen molar-refractivity contribution in [2.75, 3.05) is 17.0 Å². The van der Waals surface area contributed by atoms with Crippen molar-refractivity contribution in [1.29, 1.82) is 0 Å². The van der Waals surface area contributed by atoms with E-state index in [-0.39, 0.29) is 5.71 Å². The summed E-state index contributed by atoms with van der Waals surface area (Å²) in [7, 11) is 1.22. The summed E-state index contributed by atoms with van der Waals surface area (Å²) in [6.45, 7) is 3.64. The number of anilines is 2. The van der Waals surface area contributed by atoms with Crippen LogP contribution >= 0.6 is 11.6 Å². The zero-order valence-electron chi connectivity index (χ0n) is 16.0. The standard InChI is InChI=1S/C21H18ClN3O4/c1-11-6-4-7-13(10-11)25-18-16(17(23-25)21(28)29-3)19(26)24(20(18)27)15-9-5-8-14(22)12(15)2/h4-10,16,18H,1-3H3/t16-,18+/m0/s1. The SMILES string of the molecule is COC(=O)C1=NN(c2cccc(C)c2)[C@H]2C(=O)N(c3cccc(Cl)c3C)C(=O)[C@@H]12. The second-order valence-electron chi connectivity index (χ2n) is 6.98. The van der Waals surface area contributed by atoms with Crippen LogP contribution in [0.15, 0.2) is 47.6 Å². The molecule has 2 aliphatic heterocycles. The molecule has 29 heavy (non-hydrogen) atoms. The van der Waals surface area contributed by atoms with Crippen molar-refractivity contribution >= 4 is 46.5 Å². The van der Waals surface area contributed by atoms with Gasteiger partial charge in [-0.3, -0.25) is 14.6 Å². The minimum Gasteiger partial charge on any atom is -0.464 e. The minimum atomic E-state index is -1.05. The number of amides is 2. The molecule has 2 heterocycles. The van der Waals surface area contributed by atoms with Crippen molar-refractivity contribution in [2.45, 2.75) is 19.9 Å². The van der Waals surface area contributed by atoms with E-state index >= 15 is 0 Å². The lowest BCUT2D eigenvalue weighted by atomic mass is 9.97. The lowest BCUT2D eigenvalue weighted by molar-refractivity contribution is -0.133. The third-order valence-corrected chi connectivity index (χ3v) is 5.60. The summed E-state index contributed by atoms with van der Waals surface area (Å²) in [4.78, 5) is 40.1. The minimum absolute atomic E-state index is 0.0838. The van der Waals surface area contributed by atoms with Crippen molar-refractivity contribution in [1.82, 2.24) is 0 Å². The van der Waals surface area contributed by atoms with E-state index in [1.165, 1.54) is 12.1 Å². The van der Waals surface area contributed by atoms with E-state index in [9.17, 15) is 14.4 Å². The number of fused-ring (bicyclic) bond motifs is 1. The van der Waals surface area contributed by atoms with Gasteiger partial charge in [0.05, 0.1) is 18.5 Å². The molecule has 0 aliphatic carbocycles. The number of halogens is 1. The highest BCUT2D eigenvalue weighted by atomic mass is 35.5. The van der Waals surface area contributed by atoms with Crippen molar-refractivity contribution in [3.63, 3.8) is 0 Å². The van der Waals surface area contributed by atoms with E-state index in [4.69, 9.17) is 16.3 Å². The van der Waals surface area contributed by atoms with E-state index in [1.807, 2.05) is 25.1 Å². The van der Waals surface area contributed by atoms with Crippen LogP contribution in [0.3, 0.4) is 0 Å². The molecule has 0 bridgehead atoms. The number of esters is 1. The van der Waals surface area contributed by atoms with Crippen LogP contribution in [0.4, 0.5) is 11.4 Å². The number of benzene rings is 2. The van der Waals surface area contributed by atoms with Gasteiger partial charge in [0.25, 0.3) is 5.91 Å². The van der Waals surface area contributed by atoms with Gasteiger partial charge in [0.2, 0.25) is 5.91 Å². The van der Waals surface area contributed by atoms with Gasteiger partial charge in [-0.25, -0.2) is 9.69 Å². The van der Waals surface area contributed by atoms with E-state index < -0.39 is 29.7 Å². The Morgan fingerprint density at radius 1 is 1.10 bits per heavy atom. The molecule has 2 atom stereocenters. The van der Waals surface area contributed by atoms with E-state index in [2.05, 4.69) is 5.10 Å². The Hall–Kier alpha value is -3.19. The Morgan fingerprint density at radius 3 is 2.52 bits per heavy atom. The van der Waals surface area contributed by atoms with Crippen molar-refractivity contribution in [3.05, 3.63) is 58.6 Å². The zero-order valence-corrected chi connectivity index (χ0v) is 16.8. The number of hydrogen-bond acceptors (Lipinski definition) is 6. The maximum atomic E-state index is 13.4. The second kappa shape index (κ2) is 7.00. The molecule has 1 fully saturated rings. The number of imide groups is 1. The highest BCUT2D eigenvalue weighted by Crippen LogP contribution is 2.39. The number of carbonyl (C=O) groups is 3. The van der Waals surface area contributed by atoms with Crippen LogP contribution in [-0.2, 0) is 19.1 Å². The monoisotopic (exact) mass is 411 g/mol. The third kappa shape index (κ3) is 2.89. The predicted molar refractivity (Wildman–Crippen MR) is 109 cm³/mol. The molecular formula is C21H18ClN3O4. The van der Waals surface area contributed by atoms with Crippen LogP contribution in [0.1, 0.15) is 11.1 Å². The molecule has 0 radical (unpaired) electrons. The predicted octanol–water partition coefficient (Wildman–Crippen LogP) is 2.86. The molecule has 1 saturated heterocycles. The molecule has 2 amide bonds. The molecule has 2 aliphatic rings. The fourth-order valence-corrected chi connectivity index (χ4v) is 3.92. The number of methoxy groups -OCH3 is 1. The quantitative estimate of drug-likeness (QED) is 0.573. The van der Waals surface area contributed by atoms with Gasteiger partial charge in [-0.2, -0.15) is 5.10 Å². The first-order valence-corrected chi connectivity index (χ1v) is 9.38. The largest absolute Gasteiger partial charge is 0.464 e. The van der Waals surface area contributed by atoms with E-state index in [0.29, 0.717) is 22.0 Å². The molecule has 0 spiro atoms. The van der Waals surface area contributed by atoms with Gasteiger partial charge in [-0.1, -0.05) is 29.8 Å². The van der Waals surface area contributed by atoms with Crippen LogP contribution in [0.5, 0.6) is 0 Å². The Morgan fingerprint density at radius 2 is 1.83 bits per heavy atom. The van der Waals surface area contributed by atoms with Gasteiger partial charge in [0.15, 0.2) is 5.71 Å². The molecule has 2 aromatic rings. The number of ether oxygens (including phenoxy) is 1. The normalized spacial score (nSPS) is 20.8. The molecule has 7 nitrogen and oxygen atoms in total. The van der Waals surface area contributed by atoms with Crippen molar-refractivity contribution < 1.29 is 19.1 Å². The number of rotatable bonds is 3. The average molecular weight is 412 g/mol. The van der Waals surface area contributed by atoms with Gasteiger partial charge >= 0.3 is 5.97 Å². The zero-order chi connectivity index (χ0) is 20.9. The number of carbonyl (C=O) groups excluding carboxylic acids is 3. The van der Waals surface area contributed by atoms with Crippen molar-refractivity contribution in [2.24, 2.45) is 11.0 Å². The first-order chi connectivity index (χ1) is 13.8. The van der Waals surface area contributed by atoms with Crippen LogP contribution in [0, 0.1) is 19.8 Å². The molecule has 0 unspecified atom stereocenters. The summed E-state index contributed by atoms with van der Waals surface area (Å²) >= 11 is 6.19. The summed E-state index contributed by atoms with van der Waals surface area (Å²) in [5.41, 5.74) is 2.49. The lowest BCUT2D eigenvalue weighted by Gasteiger charge is -2.23. The molecule has 2 aromatic carbocycles. The lowest BCUT2D eigenvalue weighted by Crippen LogP contribution is -2.39. The second-order valence-corrected chi connectivity index (χ2v) is 7.39. The van der Waals surface area contributed by atoms with Gasteiger partial charge < -0.3 is 4.74 Å². The molecule has 4 rings (SSSR count). The van der Waals surface area contributed by atoms with Gasteiger partial charge in [0.1, 0.15) is 12.0 Å². The Kier molecular flexibility index (Phi) is 4.62. The average Bonchev–Trinajstić information content (AvgIpc) is 3.21. The third-order valence-electron chi connectivity index (χ3n) is 5.19. The van der Waals surface area contributed by atoms with Gasteiger partial charge in [-0.15, -0.1) is 0 Å².